The zero-order valence-electron chi connectivity index (χ0n) is 12.6. The van der Waals surface area contributed by atoms with E-state index >= 15 is 0 Å². The van der Waals surface area contributed by atoms with Gasteiger partial charge in [0.25, 0.3) is 0 Å². The van der Waals surface area contributed by atoms with Crippen molar-refractivity contribution in [1.82, 2.24) is 4.90 Å². The van der Waals surface area contributed by atoms with E-state index in [1.807, 2.05) is 25.1 Å². The van der Waals surface area contributed by atoms with Crippen LogP contribution in [0.1, 0.15) is 25.8 Å². The summed E-state index contributed by atoms with van der Waals surface area (Å²) in [4.78, 5) is 14.4. The van der Waals surface area contributed by atoms with Crippen molar-refractivity contribution in [2.75, 3.05) is 30.7 Å². The molecule has 1 fully saturated rings. The second-order valence-corrected chi connectivity index (χ2v) is 6.15. The molecule has 1 aliphatic rings. The highest BCUT2D eigenvalue weighted by Gasteiger charge is 2.26. The molecule has 0 bridgehead atoms. The molecule has 1 aromatic rings. The number of hydrogen-bond donors (Lipinski definition) is 2. The van der Waals surface area contributed by atoms with Gasteiger partial charge in [-0.15, -0.1) is 0 Å². The number of aryl methyl sites for hydroxylation is 1. The van der Waals surface area contributed by atoms with Gasteiger partial charge in [-0.05, 0) is 49.4 Å². The van der Waals surface area contributed by atoms with Crippen LogP contribution in [0, 0.1) is 18.8 Å². The van der Waals surface area contributed by atoms with E-state index in [0.29, 0.717) is 18.2 Å². The predicted octanol–water partition coefficient (Wildman–Crippen LogP) is 2.49. The SMILES string of the molecule is Cc1ccc(N)cc1NC(=O)CN1CCC(C(C)C)C1. The van der Waals surface area contributed by atoms with Gasteiger partial charge in [0.15, 0.2) is 0 Å². The summed E-state index contributed by atoms with van der Waals surface area (Å²) < 4.78 is 0. The van der Waals surface area contributed by atoms with Gasteiger partial charge < -0.3 is 11.1 Å². The number of nitrogens with zero attached hydrogens (tertiary/aromatic N) is 1. The molecule has 1 unspecified atom stereocenters. The number of benzene rings is 1. The smallest absolute Gasteiger partial charge is 0.238 e. The van der Waals surface area contributed by atoms with Gasteiger partial charge in [-0.1, -0.05) is 19.9 Å². The minimum absolute atomic E-state index is 0.0445. The van der Waals surface area contributed by atoms with Crippen LogP contribution in [0.25, 0.3) is 0 Å². The molecule has 4 nitrogen and oxygen atoms in total. The Morgan fingerprint density at radius 2 is 2.25 bits per heavy atom. The summed E-state index contributed by atoms with van der Waals surface area (Å²) >= 11 is 0. The van der Waals surface area contributed by atoms with Gasteiger partial charge in [0.2, 0.25) is 5.91 Å². The van der Waals surface area contributed by atoms with Crippen molar-refractivity contribution in [3.8, 4) is 0 Å². The Hall–Kier alpha value is -1.55. The van der Waals surface area contributed by atoms with E-state index in [0.717, 1.165) is 30.3 Å². The average Bonchev–Trinajstić information content (AvgIpc) is 2.82. The van der Waals surface area contributed by atoms with E-state index in [9.17, 15) is 4.79 Å². The van der Waals surface area contributed by atoms with E-state index in [2.05, 4.69) is 24.1 Å². The number of rotatable bonds is 4. The topological polar surface area (TPSA) is 58.4 Å². The van der Waals surface area contributed by atoms with E-state index in [1.54, 1.807) is 0 Å². The molecule has 1 aliphatic heterocycles. The molecular formula is C16H25N3O. The lowest BCUT2D eigenvalue weighted by Crippen LogP contribution is -2.32. The molecule has 0 saturated carbocycles. The molecule has 0 spiro atoms. The zero-order valence-corrected chi connectivity index (χ0v) is 12.6. The Bertz CT molecular complexity index is 485. The van der Waals surface area contributed by atoms with E-state index in [-0.39, 0.29) is 5.91 Å². The Morgan fingerprint density at radius 1 is 1.50 bits per heavy atom. The van der Waals surface area contributed by atoms with Gasteiger partial charge in [0, 0.05) is 17.9 Å². The summed E-state index contributed by atoms with van der Waals surface area (Å²) in [7, 11) is 0. The average molecular weight is 275 g/mol. The number of carbonyl (C=O) groups excluding carboxylic acids is 1. The first-order chi connectivity index (χ1) is 9.45. The molecule has 0 radical (unpaired) electrons. The largest absolute Gasteiger partial charge is 0.399 e. The molecular weight excluding hydrogens is 250 g/mol. The first-order valence-corrected chi connectivity index (χ1v) is 7.34. The first kappa shape index (κ1) is 14.9. The highest BCUT2D eigenvalue weighted by Crippen LogP contribution is 2.23. The Balaban J connectivity index is 1.88. The fraction of sp³-hybridized carbons (Fsp3) is 0.562. The number of likely N-dealkylation sites (tertiary alicyclic amines) is 1. The van der Waals surface area contributed by atoms with Gasteiger partial charge in [-0.3, -0.25) is 9.69 Å². The van der Waals surface area contributed by atoms with Crippen LogP contribution >= 0.6 is 0 Å². The quantitative estimate of drug-likeness (QED) is 0.830. The van der Waals surface area contributed by atoms with E-state index in [4.69, 9.17) is 5.73 Å². The van der Waals surface area contributed by atoms with E-state index in [1.165, 1.54) is 6.42 Å². The standard InChI is InChI=1S/C16H25N3O/c1-11(2)13-6-7-19(9-13)10-16(20)18-15-8-14(17)5-4-12(15)3/h4-5,8,11,13H,6-7,9-10,17H2,1-3H3,(H,18,20). The van der Waals surface area contributed by atoms with Crippen LogP contribution in [0.4, 0.5) is 11.4 Å². The molecule has 1 saturated heterocycles. The number of nitrogens with two attached hydrogens (primary N) is 1. The van der Waals surface area contributed by atoms with Crippen LogP contribution in [0.5, 0.6) is 0 Å². The third-order valence-corrected chi connectivity index (χ3v) is 4.15. The Morgan fingerprint density at radius 3 is 2.90 bits per heavy atom. The second-order valence-electron chi connectivity index (χ2n) is 6.15. The molecule has 1 aromatic carbocycles. The molecule has 4 heteroatoms. The van der Waals surface area contributed by atoms with Crippen molar-refractivity contribution in [2.24, 2.45) is 11.8 Å². The second kappa shape index (κ2) is 6.27. The minimum atomic E-state index is 0.0445. The van der Waals surface area contributed by atoms with Crippen LogP contribution in [0.3, 0.4) is 0 Å². The third-order valence-electron chi connectivity index (χ3n) is 4.15. The van der Waals surface area contributed by atoms with Crippen molar-refractivity contribution in [1.29, 1.82) is 0 Å². The van der Waals surface area contributed by atoms with Crippen molar-refractivity contribution in [3.63, 3.8) is 0 Å². The van der Waals surface area contributed by atoms with Crippen LogP contribution in [-0.2, 0) is 4.79 Å². The summed E-state index contributed by atoms with van der Waals surface area (Å²) in [6.45, 7) is 9.00. The lowest BCUT2D eigenvalue weighted by molar-refractivity contribution is -0.117. The molecule has 3 N–H and O–H groups in total. The molecule has 1 amide bonds. The van der Waals surface area contributed by atoms with Gasteiger partial charge in [0.05, 0.1) is 6.54 Å². The highest BCUT2D eigenvalue weighted by atomic mass is 16.2. The summed E-state index contributed by atoms with van der Waals surface area (Å²) in [5, 5.41) is 2.96. The molecule has 1 heterocycles. The summed E-state index contributed by atoms with van der Waals surface area (Å²) in [5.41, 5.74) is 8.28. The van der Waals surface area contributed by atoms with Gasteiger partial charge in [-0.2, -0.15) is 0 Å². The summed E-state index contributed by atoms with van der Waals surface area (Å²) in [5.74, 6) is 1.46. The van der Waals surface area contributed by atoms with Crippen molar-refractivity contribution in [2.45, 2.75) is 27.2 Å². The lowest BCUT2D eigenvalue weighted by Gasteiger charge is -2.18. The Kier molecular flexibility index (Phi) is 4.65. The normalized spacial score (nSPS) is 19.5. The number of nitrogen functional groups attached to an aromatic ring is 1. The molecule has 2 rings (SSSR count). The monoisotopic (exact) mass is 275 g/mol. The minimum Gasteiger partial charge on any atom is -0.399 e. The van der Waals surface area contributed by atoms with Crippen molar-refractivity contribution < 1.29 is 4.79 Å². The predicted molar refractivity (Wildman–Crippen MR) is 83.6 cm³/mol. The first-order valence-electron chi connectivity index (χ1n) is 7.34. The van der Waals surface area contributed by atoms with E-state index < -0.39 is 0 Å². The van der Waals surface area contributed by atoms with Crippen LogP contribution < -0.4 is 11.1 Å². The van der Waals surface area contributed by atoms with Gasteiger partial charge in [0.1, 0.15) is 0 Å². The fourth-order valence-electron chi connectivity index (χ4n) is 2.72. The Labute approximate surface area is 121 Å². The maximum absolute atomic E-state index is 12.1. The lowest BCUT2D eigenvalue weighted by atomic mass is 9.95. The summed E-state index contributed by atoms with van der Waals surface area (Å²) in [6, 6.07) is 5.59. The van der Waals surface area contributed by atoms with Crippen LogP contribution in [0.15, 0.2) is 18.2 Å². The van der Waals surface area contributed by atoms with Crippen LogP contribution in [-0.4, -0.2) is 30.4 Å². The van der Waals surface area contributed by atoms with Crippen molar-refractivity contribution >= 4 is 17.3 Å². The number of nitrogens with one attached hydrogen (secondary N) is 1. The third kappa shape index (κ3) is 3.73. The highest BCUT2D eigenvalue weighted by molar-refractivity contribution is 5.93. The maximum atomic E-state index is 12.1. The molecule has 0 aromatic heterocycles. The maximum Gasteiger partial charge on any atom is 0.238 e. The zero-order chi connectivity index (χ0) is 14.7. The fourth-order valence-corrected chi connectivity index (χ4v) is 2.72. The molecule has 0 aliphatic carbocycles. The van der Waals surface area contributed by atoms with Gasteiger partial charge in [-0.25, -0.2) is 0 Å². The van der Waals surface area contributed by atoms with Crippen molar-refractivity contribution in [3.05, 3.63) is 23.8 Å². The number of carbonyl (C=O) groups is 1. The molecule has 1 atom stereocenters. The van der Waals surface area contributed by atoms with Gasteiger partial charge >= 0.3 is 0 Å². The number of amides is 1. The number of hydrogen-bond acceptors (Lipinski definition) is 3. The number of anilines is 2. The molecule has 20 heavy (non-hydrogen) atoms. The van der Waals surface area contributed by atoms with Crippen LogP contribution in [0.2, 0.25) is 0 Å². The summed E-state index contributed by atoms with van der Waals surface area (Å²) in [6.07, 6.45) is 1.20. The molecule has 110 valence electrons.